The van der Waals surface area contributed by atoms with E-state index in [4.69, 9.17) is 17.3 Å². The number of nitrogens with zero attached hydrogens (tertiary/aromatic N) is 1. The molecule has 4 nitrogen and oxygen atoms in total. The average Bonchev–Trinajstić information content (AvgIpc) is 2.78. The highest BCUT2D eigenvalue weighted by Gasteiger charge is 2.31. The standard InChI is InChI=1S/C12H10BrClN2O2S3/c13-12-8(14)6-11(20-12)21(17,18)16-3-4-19-10-2-1-7(15)5-9(10)16/h1-2,5-6H,3-4,15H2. The van der Waals surface area contributed by atoms with Crippen LogP contribution in [0.5, 0.6) is 0 Å². The Hall–Kier alpha value is -0.410. The van der Waals surface area contributed by atoms with Crippen LogP contribution in [0.15, 0.2) is 37.2 Å². The van der Waals surface area contributed by atoms with E-state index >= 15 is 0 Å². The zero-order chi connectivity index (χ0) is 15.2. The number of halogens is 2. The summed E-state index contributed by atoms with van der Waals surface area (Å²) in [6, 6.07) is 6.80. The number of rotatable bonds is 2. The van der Waals surface area contributed by atoms with Crippen molar-refractivity contribution in [2.45, 2.75) is 9.10 Å². The van der Waals surface area contributed by atoms with Gasteiger partial charge in [0.1, 0.15) is 4.21 Å². The maximum atomic E-state index is 12.8. The van der Waals surface area contributed by atoms with Crippen LogP contribution in [0.25, 0.3) is 0 Å². The van der Waals surface area contributed by atoms with Crippen molar-refractivity contribution in [3.05, 3.63) is 33.1 Å². The summed E-state index contributed by atoms with van der Waals surface area (Å²) < 4.78 is 27.9. The monoisotopic (exact) mass is 424 g/mol. The predicted octanol–water partition coefficient (Wildman–Crippen LogP) is 4.05. The topological polar surface area (TPSA) is 63.4 Å². The molecule has 0 atom stereocenters. The van der Waals surface area contributed by atoms with E-state index in [-0.39, 0.29) is 4.21 Å². The molecule has 1 aromatic carbocycles. The van der Waals surface area contributed by atoms with Gasteiger partial charge in [0, 0.05) is 22.9 Å². The summed E-state index contributed by atoms with van der Waals surface area (Å²) in [5, 5.41) is 0.401. The van der Waals surface area contributed by atoms with Crippen LogP contribution in [0, 0.1) is 0 Å². The van der Waals surface area contributed by atoms with Gasteiger partial charge in [0.25, 0.3) is 10.0 Å². The molecule has 1 aromatic heterocycles. The van der Waals surface area contributed by atoms with Gasteiger partial charge in [-0.3, -0.25) is 4.31 Å². The molecule has 0 saturated carbocycles. The van der Waals surface area contributed by atoms with E-state index in [0.29, 0.717) is 32.5 Å². The quantitative estimate of drug-likeness (QED) is 0.737. The number of sulfonamides is 1. The summed E-state index contributed by atoms with van der Waals surface area (Å²) in [7, 11) is -3.63. The molecule has 3 rings (SSSR count). The number of thiophene rings is 1. The third-order valence-corrected chi connectivity index (χ3v) is 8.75. The highest BCUT2D eigenvalue weighted by Crippen LogP contribution is 2.42. The molecule has 0 fully saturated rings. The molecule has 21 heavy (non-hydrogen) atoms. The first-order valence-electron chi connectivity index (χ1n) is 5.89. The molecule has 0 saturated heterocycles. The summed E-state index contributed by atoms with van der Waals surface area (Å²) in [4.78, 5) is 0.917. The van der Waals surface area contributed by atoms with Crippen molar-refractivity contribution in [1.82, 2.24) is 0 Å². The fraction of sp³-hybridized carbons (Fsp3) is 0.167. The van der Waals surface area contributed by atoms with Crippen LogP contribution >= 0.6 is 50.6 Å². The molecule has 2 N–H and O–H groups in total. The maximum Gasteiger partial charge on any atom is 0.273 e. The van der Waals surface area contributed by atoms with Crippen LogP contribution in [0.1, 0.15) is 0 Å². The van der Waals surface area contributed by atoms with Crippen molar-refractivity contribution in [3.8, 4) is 0 Å². The van der Waals surface area contributed by atoms with E-state index in [9.17, 15) is 8.42 Å². The fourth-order valence-corrected chi connectivity index (χ4v) is 7.16. The van der Waals surface area contributed by atoms with Gasteiger partial charge in [-0.2, -0.15) is 0 Å². The van der Waals surface area contributed by atoms with Gasteiger partial charge in [0.2, 0.25) is 0 Å². The number of benzene rings is 1. The van der Waals surface area contributed by atoms with Gasteiger partial charge in [-0.1, -0.05) is 11.6 Å². The molecule has 112 valence electrons. The van der Waals surface area contributed by atoms with E-state index in [1.807, 2.05) is 6.07 Å². The fourth-order valence-electron chi connectivity index (χ4n) is 2.02. The Kier molecular flexibility index (Phi) is 4.17. The Morgan fingerprint density at radius 2 is 2.10 bits per heavy atom. The highest BCUT2D eigenvalue weighted by molar-refractivity contribution is 9.11. The van der Waals surface area contributed by atoms with Crippen molar-refractivity contribution in [3.63, 3.8) is 0 Å². The minimum atomic E-state index is -3.63. The van der Waals surface area contributed by atoms with Gasteiger partial charge in [-0.15, -0.1) is 23.1 Å². The van der Waals surface area contributed by atoms with Crippen molar-refractivity contribution in [2.24, 2.45) is 0 Å². The van der Waals surface area contributed by atoms with Crippen molar-refractivity contribution in [1.29, 1.82) is 0 Å². The maximum absolute atomic E-state index is 12.8. The Labute approximate surface area is 144 Å². The van der Waals surface area contributed by atoms with Gasteiger partial charge >= 0.3 is 0 Å². The van der Waals surface area contributed by atoms with Gasteiger partial charge in [-0.05, 0) is 40.2 Å². The number of nitrogen functional groups attached to an aromatic ring is 1. The number of thioether (sulfide) groups is 1. The van der Waals surface area contributed by atoms with Crippen LogP contribution in [0.4, 0.5) is 11.4 Å². The van der Waals surface area contributed by atoms with E-state index in [0.717, 1.165) is 16.2 Å². The number of fused-ring (bicyclic) bond motifs is 1. The zero-order valence-corrected chi connectivity index (χ0v) is 15.3. The van der Waals surface area contributed by atoms with Gasteiger partial charge in [-0.25, -0.2) is 8.42 Å². The molecule has 0 aliphatic carbocycles. The second-order valence-corrected chi connectivity index (χ2v) is 10.3. The number of hydrogen-bond acceptors (Lipinski definition) is 5. The van der Waals surface area contributed by atoms with E-state index in [2.05, 4.69) is 15.9 Å². The highest BCUT2D eigenvalue weighted by atomic mass is 79.9. The minimum Gasteiger partial charge on any atom is -0.399 e. The normalized spacial score (nSPS) is 15.0. The Balaban J connectivity index is 2.11. The Morgan fingerprint density at radius 1 is 1.33 bits per heavy atom. The van der Waals surface area contributed by atoms with Crippen molar-refractivity contribution >= 4 is 72.0 Å². The SMILES string of the molecule is Nc1ccc2c(c1)N(S(=O)(=O)c1cc(Cl)c(Br)s1)CCS2. The van der Waals surface area contributed by atoms with E-state index in [1.165, 1.54) is 10.4 Å². The van der Waals surface area contributed by atoms with E-state index in [1.54, 1.807) is 23.9 Å². The van der Waals surface area contributed by atoms with Crippen LogP contribution in [-0.4, -0.2) is 20.7 Å². The second kappa shape index (κ2) is 5.66. The molecule has 0 bridgehead atoms. The average molecular weight is 426 g/mol. The first-order valence-corrected chi connectivity index (χ1v) is 10.3. The molecule has 0 radical (unpaired) electrons. The lowest BCUT2D eigenvalue weighted by Gasteiger charge is -2.29. The van der Waals surface area contributed by atoms with E-state index < -0.39 is 10.0 Å². The Morgan fingerprint density at radius 3 is 2.76 bits per heavy atom. The van der Waals surface area contributed by atoms with Crippen LogP contribution in [-0.2, 0) is 10.0 Å². The molecule has 2 aromatic rings. The number of hydrogen-bond donors (Lipinski definition) is 1. The number of nitrogens with two attached hydrogens (primary N) is 1. The predicted molar refractivity (Wildman–Crippen MR) is 93.1 cm³/mol. The molecule has 9 heteroatoms. The van der Waals surface area contributed by atoms with Crippen molar-refractivity contribution in [2.75, 3.05) is 22.3 Å². The van der Waals surface area contributed by atoms with Gasteiger partial charge in [0.05, 0.1) is 14.5 Å². The first-order chi connectivity index (χ1) is 9.89. The van der Waals surface area contributed by atoms with Crippen LogP contribution < -0.4 is 10.0 Å². The van der Waals surface area contributed by atoms with Crippen molar-refractivity contribution < 1.29 is 8.42 Å². The summed E-state index contributed by atoms with van der Waals surface area (Å²) in [5.74, 6) is 0.705. The zero-order valence-electron chi connectivity index (χ0n) is 10.5. The van der Waals surface area contributed by atoms with Gasteiger partial charge < -0.3 is 5.73 Å². The lowest BCUT2D eigenvalue weighted by Crippen LogP contribution is -2.35. The lowest BCUT2D eigenvalue weighted by atomic mass is 10.3. The van der Waals surface area contributed by atoms with Crippen LogP contribution in [0.3, 0.4) is 0 Å². The third kappa shape index (κ3) is 2.79. The van der Waals surface area contributed by atoms with Gasteiger partial charge in [0.15, 0.2) is 0 Å². The van der Waals surface area contributed by atoms with Crippen LogP contribution in [0.2, 0.25) is 5.02 Å². The molecule has 0 unspecified atom stereocenters. The molecular formula is C12H10BrClN2O2S3. The third-order valence-electron chi connectivity index (χ3n) is 2.97. The smallest absolute Gasteiger partial charge is 0.273 e. The summed E-state index contributed by atoms with van der Waals surface area (Å²) in [6.45, 7) is 0.413. The summed E-state index contributed by atoms with van der Waals surface area (Å²) >= 11 is 11.9. The Bertz CT molecular complexity index is 787. The molecule has 1 aliphatic heterocycles. The molecule has 0 spiro atoms. The lowest BCUT2D eigenvalue weighted by molar-refractivity contribution is 0.593. The molecular weight excluding hydrogens is 416 g/mol. The summed E-state index contributed by atoms with van der Waals surface area (Å²) in [6.07, 6.45) is 0. The first kappa shape index (κ1) is 15.5. The minimum absolute atomic E-state index is 0.222. The number of anilines is 2. The molecule has 0 amide bonds. The summed E-state index contributed by atoms with van der Waals surface area (Å²) in [5.41, 5.74) is 6.97. The second-order valence-electron chi connectivity index (χ2n) is 4.34. The largest absolute Gasteiger partial charge is 0.399 e. The molecule has 1 aliphatic rings. The molecule has 2 heterocycles.